The Balaban J connectivity index is 2.34. The summed E-state index contributed by atoms with van der Waals surface area (Å²) in [5.41, 5.74) is 4.48. The van der Waals surface area contributed by atoms with Crippen LogP contribution in [0.4, 0.5) is 0 Å². The monoisotopic (exact) mass is 1080 g/mol. The van der Waals surface area contributed by atoms with Gasteiger partial charge in [-0.1, -0.05) is 0 Å². The van der Waals surface area contributed by atoms with Gasteiger partial charge in [-0.25, -0.2) is 0 Å². The molecule has 18 N–H and O–H groups in total. The van der Waals surface area contributed by atoms with Gasteiger partial charge in [0.15, 0.2) is 0 Å². The van der Waals surface area contributed by atoms with E-state index in [2.05, 4.69) is 63.8 Å². The first-order chi connectivity index (χ1) is 34.9. The molecule has 0 unspecified atom stereocenters. The Kier molecular flexibility index (Phi) is 23.4. The Bertz CT molecular complexity index is 2150. The molecule has 0 bridgehead atoms. The van der Waals surface area contributed by atoms with Gasteiger partial charge in [0.1, 0.15) is 56.4 Å². The van der Waals surface area contributed by atoms with E-state index in [1.54, 1.807) is 0 Å². The summed E-state index contributed by atoms with van der Waals surface area (Å²) < 4.78 is 0. The number of carbonyl (C=O) groups excluding carboxylic acids is 11. The van der Waals surface area contributed by atoms with Crippen LogP contribution in [0, 0.1) is 0 Å². The fraction of sp³-hybridized carbons (Fsp3) is 0.780. The first-order valence-electron chi connectivity index (χ1n) is 26.2. The second-order valence-corrected chi connectivity index (χ2v) is 23.3. The Hall–Kier alpha value is -5.99. The standard InChI is InChI=1S/C50H91N15O11/c1-30(66)58-44(4,5)36(70)62-47(10,11)39(73)64-49(20-26-54-27-21-49)41(75)57-32(19-15-17-25-52)34(68)60-46(8,9)38(72)63-48(12,13)40(74)65-50(22-28-55-29-23-50)42(76)56-31(18-14-16-24-51)33(67)59-45(6,7)37(71)61-43(2,3)35(53)69/h31-32,54-55H,14-29,51-52H2,1-13H3,(H2,53,69)(H,56,76)(H,57,75)(H,58,66)(H,59,67)(H,60,68)(H,61,71)(H,62,70)(H,63,72)(H,64,73)(H,65,74)/t31-,32-/m0/s1. The number of primary amides is 1. The summed E-state index contributed by atoms with van der Waals surface area (Å²) in [7, 11) is 0. The van der Waals surface area contributed by atoms with Gasteiger partial charge >= 0.3 is 0 Å². The smallest absolute Gasteiger partial charge is 0.246 e. The first-order valence-corrected chi connectivity index (χ1v) is 26.2. The highest BCUT2D eigenvalue weighted by Gasteiger charge is 2.49. The molecule has 0 aromatic heterocycles. The average molecular weight is 1080 g/mol. The SMILES string of the molecule is CC(=O)NC(C)(C)C(=O)NC(C)(C)C(=O)NC1(C(=O)N[C@@H](CCCCN)C(=O)NC(C)(C)C(=O)NC(C)(C)C(=O)NC2(C(=O)N[C@@H](CCCCN)C(=O)NC(C)(C)C(=O)NC(C)(C)C(N)=O)CCNCC2)CCNCC1. The van der Waals surface area contributed by atoms with Crippen LogP contribution in [-0.4, -0.2) is 161 Å². The van der Waals surface area contributed by atoms with E-state index in [9.17, 15) is 52.7 Å². The summed E-state index contributed by atoms with van der Waals surface area (Å²) in [5, 5.41) is 33.4. The fourth-order valence-electron chi connectivity index (χ4n) is 8.28. The zero-order valence-electron chi connectivity index (χ0n) is 47.2. The van der Waals surface area contributed by atoms with Crippen molar-refractivity contribution in [3.63, 3.8) is 0 Å². The Morgan fingerprint density at radius 2 is 0.724 bits per heavy atom. The summed E-state index contributed by atoms with van der Waals surface area (Å²) in [6, 6.07) is -2.42. The molecule has 0 aromatic carbocycles. The lowest BCUT2D eigenvalue weighted by Gasteiger charge is -2.41. The van der Waals surface area contributed by atoms with Crippen LogP contribution in [0.5, 0.6) is 0 Å². The molecular weight excluding hydrogens is 987 g/mol. The van der Waals surface area contributed by atoms with Crippen molar-refractivity contribution in [1.29, 1.82) is 0 Å². The third-order valence-electron chi connectivity index (χ3n) is 13.7. The molecule has 26 nitrogen and oxygen atoms in total. The van der Waals surface area contributed by atoms with E-state index in [1.165, 1.54) is 90.0 Å². The second kappa shape index (κ2) is 26.9. The van der Waals surface area contributed by atoms with E-state index < -0.39 is 121 Å². The lowest BCUT2D eigenvalue weighted by atomic mass is 9.85. The molecule has 2 aliphatic heterocycles. The number of nitrogens with two attached hydrogens (primary N) is 3. The maximum Gasteiger partial charge on any atom is 0.246 e. The van der Waals surface area contributed by atoms with E-state index in [-0.39, 0.29) is 38.5 Å². The minimum Gasteiger partial charge on any atom is -0.368 e. The quantitative estimate of drug-likeness (QED) is 0.0339. The van der Waals surface area contributed by atoms with Crippen LogP contribution in [0.1, 0.15) is 154 Å². The predicted octanol–water partition coefficient (Wildman–Crippen LogP) is -3.44. The molecule has 0 spiro atoms. The molecule has 0 aromatic rings. The number of unbranched alkanes of at least 4 members (excludes halogenated alkanes) is 2. The highest BCUT2D eigenvalue weighted by molar-refractivity contribution is 6.03. The molecule has 2 fully saturated rings. The van der Waals surface area contributed by atoms with Crippen molar-refractivity contribution in [1.82, 2.24) is 63.8 Å². The predicted molar refractivity (Wildman–Crippen MR) is 284 cm³/mol. The van der Waals surface area contributed by atoms with Crippen molar-refractivity contribution in [3.8, 4) is 0 Å². The Labute approximate surface area is 447 Å². The first kappa shape index (κ1) is 66.1. The minimum absolute atomic E-state index is 0.0920. The number of carbonyl (C=O) groups is 11. The molecule has 2 aliphatic rings. The van der Waals surface area contributed by atoms with E-state index in [4.69, 9.17) is 17.2 Å². The van der Waals surface area contributed by atoms with Crippen molar-refractivity contribution < 1.29 is 52.7 Å². The molecule has 0 aliphatic carbocycles. The highest BCUT2D eigenvalue weighted by atomic mass is 16.2. The van der Waals surface area contributed by atoms with Crippen molar-refractivity contribution in [2.75, 3.05) is 39.3 Å². The van der Waals surface area contributed by atoms with Gasteiger partial charge in [0.05, 0.1) is 0 Å². The third-order valence-corrected chi connectivity index (χ3v) is 13.7. The van der Waals surface area contributed by atoms with Crippen molar-refractivity contribution in [2.24, 2.45) is 17.2 Å². The van der Waals surface area contributed by atoms with Gasteiger partial charge < -0.3 is 81.0 Å². The highest BCUT2D eigenvalue weighted by Crippen LogP contribution is 2.24. The average Bonchev–Trinajstić information content (AvgIpc) is 3.30. The molecule has 11 amide bonds. The van der Waals surface area contributed by atoms with Crippen LogP contribution < -0.4 is 81.0 Å². The molecule has 76 heavy (non-hydrogen) atoms. The minimum atomic E-state index is -1.72. The molecule has 2 saturated heterocycles. The van der Waals surface area contributed by atoms with Crippen LogP contribution in [-0.2, 0) is 52.7 Å². The number of hydrogen-bond donors (Lipinski definition) is 15. The van der Waals surface area contributed by atoms with Crippen LogP contribution >= 0.6 is 0 Å². The van der Waals surface area contributed by atoms with Crippen LogP contribution in [0.2, 0.25) is 0 Å². The Morgan fingerprint density at radius 1 is 0.434 bits per heavy atom. The summed E-state index contributed by atoms with van der Waals surface area (Å²) in [4.78, 5) is 149. The van der Waals surface area contributed by atoms with Gasteiger partial charge in [0.2, 0.25) is 65.0 Å². The van der Waals surface area contributed by atoms with Crippen molar-refractivity contribution >= 4 is 65.0 Å². The molecule has 2 atom stereocenters. The van der Waals surface area contributed by atoms with Gasteiger partial charge in [-0.15, -0.1) is 0 Å². The maximum absolute atomic E-state index is 14.4. The fourth-order valence-corrected chi connectivity index (χ4v) is 8.28. The van der Waals surface area contributed by atoms with Gasteiger partial charge in [0, 0.05) is 6.92 Å². The normalized spacial score (nSPS) is 16.7. The van der Waals surface area contributed by atoms with Crippen LogP contribution in [0.15, 0.2) is 0 Å². The number of rotatable bonds is 28. The topological polar surface area (TPSA) is 410 Å². The summed E-state index contributed by atoms with van der Waals surface area (Å²) in [5.74, 6) is -7.67. The third kappa shape index (κ3) is 18.6. The number of piperidine rings is 2. The van der Waals surface area contributed by atoms with Gasteiger partial charge in [-0.3, -0.25) is 52.7 Å². The van der Waals surface area contributed by atoms with E-state index in [0.29, 0.717) is 65.0 Å². The van der Waals surface area contributed by atoms with E-state index in [0.717, 1.165) is 0 Å². The number of nitrogens with one attached hydrogen (secondary N) is 12. The number of hydrogen-bond acceptors (Lipinski definition) is 15. The molecule has 26 heteroatoms. The van der Waals surface area contributed by atoms with Crippen LogP contribution in [0.3, 0.4) is 0 Å². The van der Waals surface area contributed by atoms with Gasteiger partial charge in [-0.2, -0.15) is 0 Å². The molecular formula is C50H91N15O11. The molecule has 432 valence electrons. The second-order valence-electron chi connectivity index (χ2n) is 23.3. The molecule has 2 rings (SSSR count). The summed E-state index contributed by atoms with van der Waals surface area (Å²) in [6.07, 6.45) is 2.47. The zero-order valence-corrected chi connectivity index (χ0v) is 47.2. The molecule has 2 heterocycles. The number of amides is 11. The van der Waals surface area contributed by atoms with E-state index in [1.807, 2.05) is 0 Å². The van der Waals surface area contributed by atoms with E-state index >= 15 is 0 Å². The lowest BCUT2D eigenvalue weighted by Crippen LogP contribution is -2.71. The van der Waals surface area contributed by atoms with Crippen molar-refractivity contribution in [2.45, 2.75) is 211 Å². The maximum atomic E-state index is 14.4. The molecule has 0 radical (unpaired) electrons. The van der Waals surface area contributed by atoms with Crippen molar-refractivity contribution in [3.05, 3.63) is 0 Å². The van der Waals surface area contributed by atoms with Gasteiger partial charge in [-0.05, 0) is 187 Å². The summed E-state index contributed by atoms with van der Waals surface area (Å²) in [6.45, 7) is 20.3. The largest absolute Gasteiger partial charge is 0.368 e. The van der Waals surface area contributed by atoms with Crippen LogP contribution in [0.25, 0.3) is 0 Å². The summed E-state index contributed by atoms with van der Waals surface area (Å²) >= 11 is 0. The lowest BCUT2D eigenvalue weighted by molar-refractivity contribution is -0.142. The Morgan fingerprint density at radius 3 is 1.01 bits per heavy atom. The zero-order chi connectivity index (χ0) is 58.3. The molecule has 0 saturated carbocycles. The van der Waals surface area contributed by atoms with Gasteiger partial charge in [0.25, 0.3) is 0 Å².